The zero-order valence-corrected chi connectivity index (χ0v) is 11.9. The van der Waals surface area contributed by atoms with E-state index in [1.807, 2.05) is 0 Å². The maximum Gasteiger partial charge on any atom is 0.226 e. The second kappa shape index (κ2) is 6.25. The van der Waals surface area contributed by atoms with E-state index in [0.29, 0.717) is 5.69 Å². The average Bonchev–Trinajstić information content (AvgIpc) is 3.10. The summed E-state index contributed by atoms with van der Waals surface area (Å²) >= 11 is 0. The molecule has 0 unspecified atom stereocenters. The van der Waals surface area contributed by atoms with E-state index < -0.39 is 11.6 Å². The van der Waals surface area contributed by atoms with Gasteiger partial charge in [0.05, 0.1) is 17.7 Å². The van der Waals surface area contributed by atoms with Crippen molar-refractivity contribution < 1.29 is 18.1 Å². The highest BCUT2D eigenvalue weighted by atomic mass is 19.1. The van der Waals surface area contributed by atoms with Crippen LogP contribution in [0.4, 0.5) is 8.78 Å². The lowest BCUT2D eigenvalue weighted by molar-refractivity contribution is -0.121. The Morgan fingerprint density at radius 2 is 2.05 bits per heavy atom. The Labute approximate surface area is 126 Å². The Morgan fingerprint density at radius 1 is 1.27 bits per heavy atom. The number of nitrogens with one attached hydrogen (secondary N) is 1. The van der Waals surface area contributed by atoms with Crippen molar-refractivity contribution in [2.75, 3.05) is 0 Å². The number of benzene rings is 1. The first-order chi connectivity index (χ1) is 10.6. The maximum absolute atomic E-state index is 13.7. The van der Waals surface area contributed by atoms with E-state index in [9.17, 15) is 13.6 Å². The van der Waals surface area contributed by atoms with Crippen LogP contribution < -0.4 is 5.32 Å². The summed E-state index contributed by atoms with van der Waals surface area (Å²) in [6.45, 7) is 0. The molecular weight excluding hydrogens is 290 g/mol. The van der Waals surface area contributed by atoms with Crippen molar-refractivity contribution in [2.45, 2.75) is 38.1 Å². The van der Waals surface area contributed by atoms with Gasteiger partial charge in [0.1, 0.15) is 11.6 Å². The van der Waals surface area contributed by atoms with Crippen LogP contribution in [0.25, 0.3) is 11.3 Å². The molecule has 116 valence electrons. The smallest absolute Gasteiger partial charge is 0.226 e. The number of hydrogen-bond acceptors (Lipinski definition) is 3. The van der Waals surface area contributed by atoms with Crippen molar-refractivity contribution in [2.24, 2.45) is 0 Å². The number of halogens is 2. The molecule has 1 heterocycles. The molecule has 1 amide bonds. The van der Waals surface area contributed by atoms with Crippen LogP contribution in [0.5, 0.6) is 0 Å². The molecule has 6 heteroatoms. The summed E-state index contributed by atoms with van der Waals surface area (Å²) in [5.41, 5.74) is 0.547. The summed E-state index contributed by atoms with van der Waals surface area (Å²) in [6, 6.07) is 4.96. The van der Waals surface area contributed by atoms with E-state index in [1.165, 1.54) is 12.1 Å². The minimum atomic E-state index is -0.724. The molecule has 4 nitrogen and oxygen atoms in total. The van der Waals surface area contributed by atoms with Gasteiger partial charge in [0.15, 0.2) is 5.76 Å². The fraction of sp³-hybridized carbons (Fsp3) is 0.375. The molecule has 1 aromatic heterocycles. The van der Waals surface area contributed by atoms with Crippen molar-refractivity contribution in [1.82, 2.24) is 10.5 Å². The van der Waals surface area contributed by atoms with E-state index in [1.54, 1.807) is 0 Å². The van der Waals surface area contributed by atoms with Crippen molar-refractivity contribution in [3.8, 4) is 11.3 Å². The van der Waals surface area contributed by atoms with Gasteiger partial charge in [0.25, 0.3) is 0 Å². The standard InChI is InChI=1S/C16H16F2N2O2/c17-10-5-6-13(14(18)7-10)15-8-12(20-22-15)9-16(21)19-11-3-1-2-4-11/h5-8,11H,1-4,9H2,(H,19,21). The molecule has 1 fully saturated rings. The molecule has 1 aliphatic rings. The van der Waals surface area contributed by atoms with Gasteiger partial charge >= 0.3 is 0 Å². The summed E-state index contributed by atoms with van der Waals surface area (Å²) in [5, 5.41) is 6.73. The largest absolute Gasteiger partial charge is 0.356 e. The predicted molar refractivity (Wildman–Crippen MR) is 76.0 cm³/mol. The molecule has 0 aliphatic heterocycles. The summed E-state index contributed by atoms with van der Waals surface area (Å²) in [7, 11) is 0. The number of aromatic nitrogens is 1. The minimum Gasteiger partial charge on any atom is -0.356 e. The van der Waals surface area contributed by atoms with Crippen LogP contribution in [0.3, 0.4) is 0 Å². The molecule has 3 rings (SSSR count). The number of hydrogen-bond donors (Lipinski definition) is 1. The first-order valence-electron chi connectivity index (χ1n) is 7.32. The second-order valence-electron chi connectivity index (χ2n) is 5.53. The third-order valence-electron chi connectivity index (χ3n) is 3.82. The molecule has 0 saturated heterocycles. The van der Waals surface area contributed by atoms with Crippen LogP contribution in [0, 0.1) is 11.6 Å². The Kier molecular flexibility index (Phi) is 4.18. The van der Waals surface area contributed by atoms with Gasteiger partial charge < -0.3 is 9.84 Å². The van der Waals surface area contributed by atoms with Gasteiger partial charge in [-0.25, -0.2) is 8.78 Å². The zero-order valence-electron chi connectivity index (χ0n) is 11.9. The van der Waals surface area contributed by atoms with Crippen molar-refractivity contribution in [1.29, 1.82) is 0 Å². The van der Waals surface area contributed by atoms with Gasteiger partial charge in [-0.3, -0.25) is 4.79 Å². The number of nitrogens with zero attached hydrogens (tertiary/aromatic N) is 1. The third-order valence-corrected chi connectivity index (χ3v) is 3.82. The second-order valence-corrected chi connectivity index (χ2v) is 5.53. The van der Waals surface area contributed by atoms with Gasteiger partial charge in [0.2, 0.25) is 5.91 Å². The summed E-state index contributed by atoms with van der Waals surface area (Å²) < 4.78 is 31.6. The molecule has 1 aliphatic carbocycles. The van der Waals surface area contributed by atoms with E-state index >= 15 is 0 Å². The maximum atomic E-state index is 13.7. The number of carbonyl (C=O) groups is 1. The lowest BCUT2D eigenvalue weighted by Crippen LogP contribution is -2.33. The van der Waals surface area contributed by atoms with Crippen molar-refractivity contribution in [3.63, 3.8) is 0 Å². The Balaban J connectivity index is 1.66. The van der Waals surface area contributed by atoms with Gasteiger partial charge in [-0.15, -0.1) is 0 Å². The lowest BCUT2D eigenvalue weighted by Gasteiger charge is -2.10. The highest BCUT2D eigenvalue weighted by molar-refractivity contribution is 5.78. The molecule has 0 spiro atoms. The molecule has 1 saturated carbocycles. The van der Waals surface area contributed by atoms with E-state index in [0.717, 1.165) is 37.8 Å². The molecule has 0 bridgehead atoms. The molecule has 0 radical (unpaired) electrons. The monoisotopic (exact) mass is 306 g/mol. The molecule has 1 N–H and O–H groups in total. The van der Waals surface area contributed by atoms with Crippen LogP contribution >= 0.6 is 0 Å². The van der Waals surface area contributed by atoms with Crippen molar-refractivity contribution >= 4 is 5.91 Å². The van der Waals surface area contributed by atoms with Crippen LogP contribution in [0.2, 0.25) is 0 Å². The Hall–Kier alpha value is -2.24. The van der Waals surface area contributed by atoms with Crippen LogP contribution in [0.15, 0.2) is 28.8 Å². The van der Waals surface area contributed by atoms with Crippen LogP contribution in [-0.2, 0) is 11.2 Å². The van der Waals surface area contributed by atoms with E-state index in [2.05, 4.69) is 10.5 Å². The number of carbonyl (C=O) groups excluding carboxylic acids is 1. The van der Waals surface area contributed by atoms with Crippen LogP contribution in [-0.4, -0.2) is 17.1 Å². The van der Waals surface area contributed by atoms with Gasteiger partial charge in [0, 0.05) is 18.2 Å². The van der Waals surface area contributed by atoms with Gasteiger partial charge in [-0.1, -0.05) is 18.0 Å². The van der Waals surface area contributed by atoms with E-state index in [-0.39, 0.29) is 29.7 Å². The summed E-state index contributed by atoms with van der Waals surface area (Å²) in [4.78, 5) is 11.9. The van der Waals surface area contributed by atoms with Crippen molar-refractivity contribution in [3.05, 3.63) is 41.6 Å². The Morgan fingerprint density at radius 3 is 2.77 bits per heavy atom. The molecular formula is C16H16F2N2O2. The summed E-state index contributed by atoms with van der Waals surface area (Å²) in [6.07, 6.45) is 4.39. The fourth-order valence-electron chi connectivity index (χ4n) is 2.72. The van der Waals surface area contributed by atoms with Gasteiger partial charge in [-0.2, -0.15) is 0 Å². The Bertz CT molecular complexity index is 679. The molecule has 0 atom stereocenters. The normalized spacial score (nSPS) is 15.2. The highest BCUT2D eigenvalue weighted by Crippen LogP contribution is 2.24. The van der Waals surface area contributed by atoms with Crippen LogP contribution in [0.1, 0.15) is 31.4 Å². The fourth-order valence-corrected chi connectivity index (χ4v) is 2.72. The van der Waals surface area contributed by atoms with Gasteiger partial charge in [-0.05, 0) is 25.0 Å². The minimum absolute atomic E-state index is 0.0861. The molecule has 2 aromatic rings. The summed E-state index contributed by atoms with van der Waals surface area (Å²) in [5.74, 6) is -1.32. The lowest BCUT2D eigenvalue weighted by atomic mass is 10.1. The first kappa shape index (κ1) is 14.7. The molecule has 22 heavy (non-hydrogen) atoms. The molecule has 1 aromatic carbocycles. The predicted octanol–water partition coefficient (Wildman–Crippen LogP) is 3.22. The highest BCUT2D eigenvalue weighted by Gasteiger charge is 2.19. The third kappa shape index (κ3) is 3.32. The topological polar surface area (TPSA) is 55.1 Å². The SMILES string of the molecule is O=C(Cc1cc(-c2ccc(F)cc2F)on1)NC1CCCC1. The average molecular weight is 306 g/mol. The zero-order chi connectivity index (χ0) is 15.5. The number of amides is 1. The number of rotatable bonds is 4. The quantitative estimate of drug-likeness (QED) is 0.943. The van der Waals surface area contributed by atoms with E-state index in [4.69, 9.17) is 4.52 Å². The first-order valence-corrected chi connectivity index (χ1v) is 7.32.